The summed E-state index contributed by atoms with van der Waals surface area (Å²) in [5.41, 5.74) is 10.2. The number of ether oxygens (including phenoxy) is 1. The van der Waals surface area contributed by atoms with Crippen molar-refractivity contribution in [3.63, 3.8) is 0 Å². The molecule has 0 saturated carbocycles. The average Bonchev–Trinajstić information content (AvgIpc) is 2.36. The quantitative estimate of drug-likeness (QED) is 0.852. The van der Waals surface area contributed by atoms with E-state index in [1.807, 2.05) is 0 Å². The highest BCUT2D eigenvalue weighted by Gasteiger charge is 2.04. The van der Waals surface area contributed by atoms with Crippen LogP contribution in [-0.4, -0.2) is 0 Å². The van der Waals surface area contributed by atoms with E-state index >= 15 is 0 Å². The predicted octanol–water partition coefficient (Wildman–Crippen LogP) is 3.34. The molecule has 0 spiro atoms. The zero-order valence-corrected chi connectivity index (χ0v) is 11.1. The van der Waals surface area contributed by atoms with Gasteiger partial charge in [-0.05, 0) is 37.6 Å². The fourth-order valence-electron chi connectivity index (χ4n) is 2.07. The van der Waals surface area contributed by atoms with Crippen molar-refractivity contribution >= 4 is 5.69 Å². The van der Waals surface area contributed by atoms with Gasteiger partial charge in [0.25, 0.3) is 0 Å². The smallest absolute Gasteiger partial charge is 0.137 e. The van der Waals surface area contributed by atoms with Crippen LogP contribution in [0, 0.1) is 25.2 Å². The summed E-state index contributed by atoms with van der Waals surface area (Å²) in [4.78, 5) is 0. The van der Waals surface area contributed by atoms with Gasteiger partial charge in [0.2, 0.25) is 0 Å². The van der Waals surface area contributed by atoms with Crippen LogP contribution < -0.4 is 10.5 Å². The number of nitrogen functional groups attached to an aromatic ring is 1. The van der Waals surface area contributed by atoms with Crippen LogP contribution in [0.25, 0.3) is 0 Å². The van der Waals surface area contributed by atoms with Gasteiger partial charge in [-0.2, -0.15) is 5.26 Å². The SMILES string of the molecule is Cc1cc(C)cc(COc2ccc(N)cc2C#N)c1. The lowest BCUT2D eigenvalue weighted by Gasteiger charge is -2.09. The Balaban J connectivity index is 2.17. The molecule has 0 aromatic heterocycles. The summed E-state index contributed by atoms with van der Waals surface area (Å²) in [5, 5.41) is 9.04. The van der Waals surface area contributed by atoms with E-state index in [0.29, 0.717) is 23.6 Å². The maximum atomic E-state index is 9.04. The fraction of sp³-hybridized carbons (Fsp3) is 0.188. The van der Waals surface area contributed by atoms with Crippen LogP contribution in [0.4, 0.5) is 5.69 Å². The normalized spacial score (nSPS) is 9.95. The summed E-state index contributed by atoms with van der Waals surface area (Å²) in [6.07, 6.45) is 0. The first kappa shape index (κ1) is 13.0. The highest BCUT2D eigenvalue weighted by Crippen LogP contribution is 2.22. The summed E-state index contributed by atoms with van der Waals surface area (Å²) >= 11 is 0. The van der Waals surface area contributed by atoms with Crippen LogP contribution in [0.5, 0.6) is 5.75 Å². The molecule has 2 rings (SSSR count). The molecule has 0 radical (unpaired) electrons. The molecule has 96 valence electrons. The van der Waals surface area contributed by atoms with E-state index in [1.54, 1.807) is 18.2 Å². The van der Waals surface area contributed by atoms with E-state index in [0.717, 1.165) is 5.56 Å². The Morgan fingerprint density at radius 1 is 1.11 bits per heavy atom. The van der Waals surface area contributed by atoms with Gasteiger partial charge in [-0.1, -0.05) is 29.3 Å². The number of nitrogens with zero attached hydrogens (tertiary/aromatic N) is 1. The van der Waals surface area contributed by atoms with E-state index in [-0.39, 0.29) is 0 Å². The van der Waals surface area contributed by atoms with Crippen molar-refractivity contribution in [1.29, 1.82) is 5.26 Å². The van der Waals surface area contributed by atoms with Gasteiger partial charge < -0.3 is 10.5 Å². The minimum absolute atomic E-state index is 0.446. The Morgan fingerprint density at radius 2 is 1.79 bits per heavy atom. The molecule has 0 aliphatic heterocycles. The molecule has 0 amide bonds. The van der Waals surface area contributed by atoms with Crippen LogP contribution in [0.3, 0.4) is 0 Å². The van der Waals surface area contributed by atoms with Gasteiger partial charge in [-0.15, -0.1) is 0 Å². The van der Waals surface area contributed by atoms with Gasteiger partial charge in [0, 0.05) is 5.69 Å². The zero-order valence-electron chi connectivity index (χ0n) is 11.1. The molecule has 3 heteroatoms. The Bertz CT molecular complexity index is 621. The largest absolute Gasteiger partial charge is 0.488 e. The lowest BCUT2D eigenvalue weighted by atomic mass is 10.1. The second kappa shape index (κ2) is 5.45. The molecule has 0 atom stereocenters. The van der Waals surface area contributed by atoms with Gasteiger partial charge in [0.05, 0.1) is 5.56 Å². The van der Waals surface area contributed by atoms with Gasteiger partial charge in [-0.25, -0.2) is 0 Å². The van der Waals surface area contributed by atoms with Gasteiger partial charge in [0.1, 0.15) is 18.4 Å². The molecule has 2 aromatic carbocycles. The van der Waals surface area contributed by atoms with Crippen molar-refractivity contribution in [1.82, 2.24) is 0 Å². The Morgan fingerprint density at radius 3 is 2.42 bits per heavy atom. The Labute approximate surface area is 113 Å². The van der Waals surface area contributed by atoms with Crippen molar-refractivity contribution in [2.75, 3.05) is 5.73 Å². The standard InChI is InChI=1S/C16H16N2O/c1-11-5-12(2)7-13(6-11)10-19-16-4-3-15(18)8-14(16)9-17/h3-8H,10,18H2,1-2H3. The van der Waals surface area contributed by atoms with Crippen molar-refractivity contribution in [3.05, 3.63) is 58.7 Å². The third-order valence-electron chi connectivity index (χ3n) is 2.80. The number of hydrogen-bond acceptors (Lipinski definition) is 3. The number of rotatable bonds is 3. The van der Waals surface area contributed by atoms with Crippen molar-refractivity contribution in [2.24, 2.45) is 0 Å². The zero-order chi connectivity index (χ0) is 13.8. The van der Waals surface area contributed by atoms with E-state index in [1.165, 1.54) is 11.1 Å². The second-order valence-electron chi connectivity index (χ2n) is 4.65. The minimum atomic E-state index is 0.446. The molecule has 0 bridgehead atoms. The van der Waals surface area contributed by atoms with Crippen LogP contribution in [0.2, 0.25) is 0 Å². The second-order valence-corrected chi connectivity index (χ2v) is 4.65. The molecule has 19 heavy (non-hydrogen) atoms. The minimum Gasteiger partial charge on any atom is -0.488 e. The van der Waals surface area contributed by atoms with E-state index in [9.17, 15) is 0 Å². The number of anilines is 1. The first-order chi connectivity index (χ1) is 9.08. The first-order valence-corrected chi connectivity index (χ1v) is 6.08. The number of hydrogen-bond donors (Lipinski definition) is 1. The summed E-state index contributed by atoms with van der Waals surface area (Å²) < 4.78 is 5.70. The number of nitriles is 1. The molecular formula is C16H16N2O. The molecule has 0 aliphatic rings. The molecule has 0 heterocycles. The maximum Gasteiger partial charge on any atom is 0.137 e. The molecule has 0 unspecified atom stereocenters. The summed E-state index contributed by atoms with van der Waals surface area (Å²) in [6.45, 7) is 4.56. The number of benzene rings is 2. The van der Waals surface area contributed by atoms with E-state index < -0.39 is 0 Å². The molecule has 0 saturated heterocycles. The Kier molecular flexibility index (Phi) is 3.72. The monoisotopic (exact) mass is 252 g/mol. The van der Waals surface area contributed by atoms with Crippen LogP contribution in [0.15, 0.2) is 36.4 Å². The number of aryl methyl sites for hydroxylation is 2. The topological polar surface area (TPSA) is 59.0 Å². The molecule has 2 N–H and O–H groups in total. The maximum absolute atomic E-state index is 9.04. The molecular weight excluding hydrogens is 236 g/mol. The van der Waals surface area contributed by atoms with Gasteiger partial charge in [0.15, 0.2) is 0 Å². The van der Waals surface area contributed by atoms with Crippen molar-refractivity contribution < 1.29 is 4.74 Å². The van der Waals surface area contributed by atoms with Gasteiger partial charge >= 0.3 is 0 Å². The van der Waals surface area contributed by atoms with E-state index in [2.05, 4.69) is 38.1 Å². The number of nitrogens with two attached hydrogens (primary N) is 1. The summed E-state index contributed by atoms with van der Waals surface area (Å²) in [6, 6.07) is 13.5. The molecule has 2 aromatic rings. The Hall–Kier alpha value is -2.47. The highest BCUT2D eigenvalue weighted by molar-refractivity contribution is 5.53. The van der Waals surface area contributed by atoms with Crippen LogP contribution in [0.1, 0.15) is 22.3 Å². The summed E-state index contributed by atoms with van der Waals surface area (Å²) in [5.74, 6) is 0.566. The fourth-order valence-corrected chi connectivity index (χ4v) is 2.07. The lowest BCUT2D eigenvalue weighted by Crippen LogP contribution is -1.99. The first-order valence-electron chi connectivity index (χ1n) is 6.08. The van der Waals surface area contributed by atoms with Crippen molar-refractivity contribution in [2.45, 2.75) is 20.5 Å². The average molecular weight is 252 g/mol. The highest BCUT2D eigenvalue weighted by atomic mass is 16.5. The van der Waals surface area contributed by atoms with Crippen molar-refractivity contribution in [3.8, 4) is 11.8 Å². The predicted molar refractivity (Wildman–Crippen MR) is 75.8 cm³/mol. The van der Waals surface area contributed by atoms with Gasteiger partial charge in [-0.3, -0.25) is 0 Å². The van der Waals surface area contributed by atoms with Crippen LogP contribution in [-0.2, 0) is 6.61 Å². The lowest BCUT2D eigenvalue weighted by molar-refractivity contribution is 0.305. The van der Waals surface area contributed by atoms with Crippen LogP contribution >= 0.6 is 0 Å². The molecule has 0 fully saturated rings. The molecule has 0 aliphatic carbocycles. The molecule has 3 nitrogen and oxygen atoms in total. The third kappa shape index (κ3) is 3.26. The van der Waals surface area contributed by atoms with E-state index in [4.69, 9.17) is 15.7 Å². The third-order valence-corrected chi connectivity index (χ3v) is 2.80. The summed E-state index contributed by atoms with van der Waals surface area (Å²) in [7, 11) is 0.